The van der Waals surface area contributed by atoms with Gasteiger partial charge in [0.1, 0.15) is 23.4 Å². The van der Waals surface area contributed by atoms with Crippen LogP contribution in [-0.2, 0) is 19.4 Å². The van der Waals surface area contributed by atoms with Gasteiger partial charge in [0, 0.05) is 12.5 Å². The Morgan fingerprint density at radius 3 is 2.39 bits per heavy atom. The molecule has 1 aliphatic heterocycles. The minimum Gasteiger partial charge on any atom is -0.352 e. The number of nitriles is 1. The van der Waals surface area contributed by atoms with Crippen LogP contribution in [0.1, 0.15) is 37.3 Å². The standard InChI is InChI=1S/C20H22F4N4O4S/c21-13-3-1-12(2-4-13)17(20(22,23)24)27-15(18(30)28-19(11-25)7-8-19)10-33(31,32)9-14-5-6-16(29)26-14/h1-4,14-15,17,27H,5-10H2,(H,26,29)(H,28,30). The highest BCUT2D eigenvalue weighted by atomic mass is 32.2. The number of hydrogen-bond donors (Lipinski definition) is 3. The van der Waals surface area contributed by atoms with E-state index in [1.54, 1.807) is 0 Å². The molecule has 1 heterocycles. The van der Waals surface area contributed by atoms with E-state index in [-0.39, 0.29) is 18.7 Å². The zero-order valence-corrected chi connectivity index (χ0v) is 18.1. The minimum atomic E-state index is -4.94. The van der Waals surface area contributed by atoms with E-state index < -0.39 is 68.5 Å². The molecule has 2 aliphatic rings. The maximum Gasteiger partial charge on any atom is 0.407 e. The summed E-state index contributed by atoms with van der Waals surface area (Å²) in [6.45, 7) is 0. The van der Waals surface area contributed by atoms with Crippen LogP contribution in [0.3, 0.4) is 0 Å². The Kier molecular flexibility index (Phi) is 6.99. The maximum atomic E-state index is 13.8. The number of rotatable bonds is 9. The molecule has 180 valence electrons. The smallest absolute Gasteiger partial charge is 0.352 e. The molecule has 13 heteroatoms. The topological polar surface area (TPSA) is 128 Å². The number of alkyl halides is 3. The molecule has 0 spiro atoms. The number of nitrogens with zero attached hydrogens (tertiary/aromatic N) is 1. The van der Waals surface area contributed by atoms with Gasteiger partial charge in [-0.3, -0.25) is 14.9 Å². The Morgan fingerprint density at radius 2 is 1.91 bits per heavy atom. The molecule has 3 unspecified atom stereocenters. The predicted octanol–water partition coefficient (Wildman–Crippen LogP) is 1.25. The molecule has 33 heavy (non-hydrogen) atoms. The van der Waals surface area contributed by atoms with Crippen molar-refractivity contribution in [3.05, 3.63) is 35.6 Å². The van der Waals surface area contributed by atoms with Crippen LogP contribution in [0.25, 0.3) is 0 Å². The molecule has 1 aliphatic carbocycles. The van der Waals surface area contributed by atoms with Gasteiger partial charge in [-0.2, -0.15) is 18.4 Å². The van der Waals surface area contributed by atoms with Gasteiger partial charge in [-0.1, -0.05) is 12.1 Å². The Hall–Kier alpha value is -2.72. The molecule has 1 aromatic carbocycles. The molecular weight excluding hydrogens is 468 g/mol. The van der Waals surface area contributed by atoms with Gasteiger partial charge in [0.2, 0.25) is 11.8 Å². The average molecular weight is 490 g/mol. The van der Waals surface area contributed by atoms with Crippen molar-refractivity contribution in [1.82, 2.24) is 16.0 Å². The Labute approximate surface area is 187 Å². The summed E-state index contributed by atoms with van der Waals surface area (Å²) in [6, 6.07) is 0.256. The third kappa shape index (κ3) is 6.64. The number of carbonyl (C=O) groups is 2. The largest absolute Gasteiger partial charge is 0.407 e. The lowest BCUT2D eigenvalue weighted by Gasteiger charge is -2.28. The minimum absolute atomic E-state index is 0.133. The van der Waals surface area contributed by atoms with Gasteiger partial charge < -0.3 is 10.6 Å². The first-order valence-corrected chi connectivity index (χ1v) is 12.0. The van der Waals surface area contributed by atoms with Crippen LogP contribution >= 0.6 is 0 Å². The number of hydrogen-bond acceptors (Lipinski definition) is 6. The van der Waals surface area contributed by atoms with Gasteiger partial charge >= 0.3 is 6.18 Å². The Bertz CT molecular complexity index is 1050. The van der Waals surface area contributed by atoms with E-state index in [0.717, 1.165) is 24.3 Å². The van der Waals surface area contributed by atoms with Gasteiger partial charge in [-0.05, 0) is 37.0 Å². The second-order valence-corrected chi connectivity index (χ2v) is 10.5. The average Bonchev–Trinajstić information content (AvgIpc) is 3.37. The van der Waals surface area contributed by atoms with E-state index in [4.69, 9.17) is 0 Å². The molecule has 1 aromatic rings. The zero-order chi connectivity index (χ0) is 24.4. The quantitative estimate of drug-likeness (QED) is 0.447. The van der Waals surface area contributed by atoms with Gasteiger partial charge in [-0.25, -0.2) is 12.8 Å². The summed E-state index contributed by atoms with van der Waals surface area (Å²) in [5.41, 5.74) is -1.65. The Morgan fingerprint density at radius 1 is 1.27 bits per heavy atom. The highest BCUT2D eigenvalue weighted by molar-refractivity contribution is 7.91. The summed E-state index contributed by atoms with van der Waals surface area (Å²) < 4.78 is 80.1. The van der Waals surface area contributed by atoms with Crippen molar-refractivity contribution in [2.75, 3.05) is 11.5 Å². The molecule has 1 saturated carbocycles. The molecule has 0 radical (unpaired) electrons. The highest BCUT2D eigenvalue weighted by Gasteiger charge is 2.48. The van der Waals surface area contributed by atoms with Crippen molar-refractivity contribution < 1.29 is 35.6 Å². The number of amides is 2. The first-order chi connectivity index (χ1) is 15.3. The first-order valence-electron chi connectivity index (χ1n) is 10.1. The van der Waals surface area contributed by atoms with E-state index in [0.29, 0.717) is 12.8 Å². The second-order valence-electron chi connectivity index (χ2n) is 8.31. The van der Waals surface area contributed by atoms with Crippen molar-refractivity contribution in [3.63, 3.8) is 0 Å². The lowest BCUT2D eigenvalue weighted by atomic mass is 10.0. The fourth-order valence-corrected chi connectivity index (χ4v) is 5.33. The van der Waals surface area contributed by atoms with Crippen molar-refractivity contribution in [2.24, 2.45) is 0 Å². The lowest BCUT2D eigenvalue weighted by molar-refractivity contribution is -0.160. The fraction of sp³-hybridized carbons (Fsp3) is 0.550. The number of carbonyl (C=O) groups excluding carboxylic acids is 2. The van der Waals surface area contributed by atoms with Crippen molar-refractivity contribution >= 4 is 21.7 Å². The lowest BCUT2D eigenvalue weighted by Crippen LogP contribution is -2.55. The van der Waals surface area contributed by atoms with E-state index in [1.807, 2.05) is 6.07 Å². The molecule has 2 amide bonds. The summed E-state index contributed by atoms with van der Waals surface area (Å²) in [6.07, 6.45) is -3.96. The normalized spacial score (nSPS) is 21.5. The highest BCUT2D eigenvalue weighted by Crippen LogP contribution is 2.35. The van der Waals surface area contributed by atoms with Crippen LogP contribution in [0.15, 0.2) is 24.3 Å². The molecule has 3 atom stereocenters. The van der Waals surface area contributed by atoms with Gasteiger partial charge in [-0.15, -0.1) is 0 Å². The number of sulfone groups is 1. The van der Waals surface area contributed by atoms with E-state index in [1.165, 1.54) is 0 Å². The number of nitrogens with one attached hydrogen (secondary N) is 3. The molecular formula is C20H22F4N4O4S. The predicted molar refractivity (Wildman–Crippen MR) is 108 cm³/mol. The Balaban J connectivity index is 1.85. The van der Waals surface area contributed by atoms with Crippen LogP contribution in [0.2, 0.25) is 0 Å². The van der Waals surface area contributed by atoms with Crippen molar-refractivity contribution in [3.8, 4) is 6.07 Å². The molecule has 0 aromatic heterocycles. The molecule has 8 nitrogen and oxygen atoms in total. The molecule has 3 N–H and O–H groups in total. The van der Waals surface area contributed by atoms with Crippen LogP contribution in [0, 0.1) is 17.1 Å². The maximum absolute atomic E-state index is 13.8. The summed E-state index contributed by atoms with van der Waals surface area (Å²) in [5.74, 6) is -3.69. The van der Waals surface area contributed by atoms with Gasteiger partial charge in [0.25, 0.3) is 0 Å². The zero-order valence-electron chi connectivity index (χ0n) is 17.3. The summed E-state index contributed by atoms with van der Waals surface area (Å²) in [4.78, 5) is 24.1. The van der Waals surface area contributed by atoms with Crippen LogP contribution in [0.4, 0.5) is 17.6 Å². The number of benzene rings is 1. The summed E-state index contributed by atoms with van der Waals surface area (Å²) in [5, 5.41) is 16.1. The third-order valence-electron chi connectivity index (χ3n) is 5.50. The van der Waals surface area contributed by atoms with Gasteiger partial charge in [0.05, 0.1) is 17.6 Å². The van der Waals surface area contributed by atoms with E-state index in [2.05, 4.69) is 16.0 Å². The summed E-state index contributed by atoms with van der Waals surface area (Å²) in [7, 11) is -4.10. The van der Waals surface area contributed by atoms with Crippen molar-refractivity contribution in [2.45, 2.75) is 55.5 Å². The van der Waals surface area contributed by atoms with Crippen LogP contribution < -0.4 is 16.0 Å². The van der Waals surface area contributed by atoms with Crippen molar-refractivity contribution in [1.29, 1.82) is 5.26 Å². The number of halogens is 4. The first kappa shape index (κ1) is 24.9. The van der Waals surface area contributed by atoms with Gasteiger partial charge in [0.15, 0.2) is 9.84 Å². The second kappa shape index (κ2) is 9.26. The third-order valence-corrected chi connectivity index (χ3v) is 7.25. The van der Waals surface area contributed by atoms with Crippen LogP contribution in [-0.4, -0.2) is 55.5 Å². The SMILES string of the molecule is N#CC1(NC(=O)C(CS(=O)(=O)CC2CCC(=O)N2)NC(c2ccc(F)cc2)C(F)(F)F)CC1. The summed E-state index contributed by atoms with van der Waals surface area (Å²) >= 11 is 0. The molecule has 1 saturated heterocycles. The van der Waals surface area contributed by atoms with E-state index >= 15 is 0 Å². The van der Waals surface area contributed by atoms with Crippen LogP contribution in [0.5, 0.6) is 0 Å². The molecule has 0 bridgehead atoms. The fourth-order valence-electron chi connectivity index (χ4n) is 3.58. The van der Waals surface area contributed by atoms with E-state index in [9.17, 15) is 40.8 Å². The molecule has 2 fully saturated rings. The monoisotopic (exact) mass is 490 g/mol. The molecule has 3 rings (SSSR count).